The zero-order valence-electron chi connectivity index (χ0n) is 29.1. The van der Waals surface area contributed by atoms with E-state index in [0.717, 1.165) is 28.8 Å². The third-order valence-electron chi connectivity index (χ3n) is 11.4. The van der Waals surface area contributed by atoms with Crippen molar-refractivity contribution in [1.29, 1.82) is 0 Å². The van der Waals surface area contributed by atoms with Crippen LogP contribution in [0.5, 0.6) is 0 Å². The van der Waals surface area contributed by atoms with E-state index in [0.29, 0.717) is 0 Å². The molecule has 52 heavy (non-hydrogen) atoms. The number of nitrogens with zero attached hydrogens (tertiary/aromatic N) is 1. The molecule has 0 aliphatic heterocycles. The van der Waals surface area contributed by atoms with Gasteiger partial charge in [-0.1, -0.05) is 135 Å². The van der Waals surface area contributed by atoms with E-state index in [9.17, 15) is 4.39 Å². The second-order valence-electron chi connectivity index (χ2n) is 14.6. The van der Waals surface area contributed by atoms with Gasteiger partial charge in [-0.3, -0.25) is 0 Å². The second-order valence-corrected chi connectivity index (χ2v) is 15.7. The van der Waals surface area contributed by atoms with Crippen molar-refractivity contribution in [2.45, 2.75) is 31.7 Å². The molecule has 8 aromatic rings. The Morgan fingerprint density at radius 1 is 0.615 bits per heavy atom. The van der Waals surface area contributed by atoms with Crippen molar-refractivity contribution in [3.8, 4) is 22.3 Å². The first-order valence-electron chi connectivity index (χ1n) is 18.0. The largest absolute Gasteiger partial charge is 0.334 e. The monoisotopic (exact) mass is 689 g/mol. The van der Waals surface area contributed by atoms with Gasteiger partial charge < -0.3 is 4.90 Å². The first kappa shape index (κ1) is 31.0. The highest BCUT2D eigenvalue weighted by Gasteiger charge is 2.40. The lowest BCUT2D eigenvalue weighted by Gasteiger charge is -2.37. The van der Waals surface area contributed by atoms with Gasteiger partial charge in [-0.15, -0.1) is 11.3 Å². The molecule has 1 aromatic heterocycles. The van der Waals surface area contributed by atoms with Crippen molar-refractivity contribution in [3.05, 3.63) is 186 Å². The normalized spacial score (nSPS) is 16.1. The summed E-state index contributed by atoms with van der Waals surface area (Å²) in [5.41, 5.74) is 12.4. The summed E-state index contributed by atoms with van der Waals surface area (Å²) in [5.74, 6) is -0.225. The zero-order chi connectivity index (χ0) is 35.0. The van der Waals surface area contributed by atoms with Gasteiger partial charge in [0, 0.05) is 37.0 Å². The average molecular weight is 690 g/mol. The third-order valence-corrected chi connectivity index (χ3v) is 12.5. The summed E-state index contributed by atoms with van der Waals surface area (Å²) in [6.07, 6.45) is 5.74. The number of anilines is 2. The minimum absolute atomic E-state index is 0.0313. The fraction of sp³-hybridized carbons (Fsp3) is 0.102. The molecule has 2 aliphatic carbocycles. The summed E-state index contributed by atoms with van der Waals surface area (Å²) in [6, 6.07) is 53.6. The molecule has 2 aliphatic rings. The van der Waals surface area contributed by atoms with Crippen molar-refractivity contribution in [2.24, 2.45) is 0 Å². The van der Waals surface area contributed by atoms with E-state index in [2.05, 4.69) is 158 Å². The van der Waals surface area contributed by atoms with E-state index in [-0.39, 0.29) is 17.3 Å². The summed E-state index contributed by atoms with van der Waals surface area (Å²) < 4.78 is 16.5. The molecule has 0 saturated carbocycles. The van der Waals surface area contributed by atoms with Gasteiger partial charge in [-0.05, 0) is 104 Å². The minimum atomic E-state index is -0.225. The first-order chi connectivity index (χ1) is 25.4. The van der Waals surface area contributed by atoms with Crippen LogP contribution in [0.25, 0.3) is 58.8 Å². The minimum Gasteiger partial charge on any atom is -0.334 e. The van der Waals surface area contributed by atoms with Gasteiger partial charge in [-0.2, -0.15) is 0 Å². The molecule has 3 heteroatoms. The highest BCUT2D eigenvalue weighted by atomic mass is 32.1. The summed E-state index contributed by atoms with van der Waals surface area (Å²) in [4.78, 5) is 2.54. The van der Waals surface area contributed by atoms with Gasteiger partial charge in [0.2, 0.25) is 0 Å². The molecule has 0 bridgehead atoms. The Kier molecular flexibility index (Phi) is 7.10. The molecule has 1 heterocycles. The molecule has 0 spiro atoms. The Hall–Kier alpha value is -5.77. The molecule has 0 amide bonds. The van der Waals surface area contributed by atoms with Gasteiger partial charge in [0.25, 0.3) is 0 Å². The Labute approximate surface area is 307 Å². The highest BCUT2D eigenvalue weighted by Crippen LogP contribution is 2.51. The summed E-state index contributed by atoms with van der Waals surface area (Å²) >= 11 is 1.87. The molecule has 7 aromatic carbocycles. The van der Waals surface area contributed by atoms with Crippen molar-refractivity contribution >= 4 is 59.2 Å². The van der Waals surface area contributed by atoms with Crippen LogP contribution < -0.4 is 4.90 Å². The molecular formula is C49H36FNS. The molecule has 1 nitrogen and oxygen atoms in total. The van der Waals surface area contributed by atoms with Crippen molar-refractivity contribution in [3.63, 3.8) is 0 Å². The van der Waals surface area contributed by atoms with Crippen LogP contribution in [0, 0.1) is 5.82 Å². The van der Waals surface area contributed by atoms with Gasteiger partial charge >= 0.3 is 0 Å². The van der Waals surface area contributed by atoms with E-state index < -0.39 is 0 Å². The number of hydrogen-bond acceptors (Lipinski definition) is 2. The standard InChI is InChI=1S/C49H36FNS/c1-49(2)44-15-5-3-11-40(44)41-27-25-36(29-45(41)49)51(37-26-28-43-42-12-4-6-16-46(42)52-47(43)30-37)35-23-19-32(20-24-35)39-14-8-10-33-9-7-13-38(48(33)39)31-17-21-34(50)22-18-31/h3-28,30,36H,29H2,1-2H3. The highest BCUT2D eigenvalue weighted by molar-refractivity contribution is 7.25. The van der Waals surface area contributed by atoms with Crippen LogP contribution in [0.2, 0.25) is 0 Å². The SMILES string of the molecule is CC1(C)C2=C(C=CC(N(c3ccc(-c4cccc5cccc(-c6ccc(F)cc6)c45)cc3)c3ccc4c(c3)sc3ccccc34)C2)c2ccccc21. The molecule has 0 radical (unpaired) electrons. The number of fused-ring (bicyclic) bond motifs is 6. The maximum atomic E-state index is 13.9. The van der Waals surface area contributed by atoms with Crippen LogP contribution in [0.4, 0.5) is 15.8 Å². The van der Waals surface area contributed by atoms with Crippen LogP contribution in [0.1, 0.15) is 31.4 Å². The molecular weight excluding hydrogens is 654 g/mol. The topological polar surface area (TPSA) is 3.24 Å². The molecule has 1 atom stereocenters. The predicted octanol–water partition coefficient (Wildman–Crippen LogP) is 13.9. The number of allylic oxidation sites excluding steroid dienone is 2. The number of rotatable bonds is 5. The van der Waals surface area contributed by atoms with Crippen molar-refractivity contribution in [1.82, 2.24) is 0 Å². The molecule has 0 saturated heterocycles. The van der Waals surface area contributed by atoms with Gasteiger partial charge in [0.1, 0.15) is 5.82 Å². The Morgan fingerprint density at radius 3 is 2.02 bits per heavy atom. The molecule has 1 unspecified atom stereocenters. The maximum Gasteiger partial charge on any atom is 0.123 e. The van der Waals surface area contributed by atoms with Gasteiger partial charge in [0.15, 0.2) is 0 Å². The van der Waals surface area contributed by atoms with E-state index in [1.165, 1.54) is 64.5 Å². The van der Waals surface area contributed by atoms with Crippen LogP contribution in [-0.4, -0.2) is 6.04 Å². The second kappa shape index (κ2) is 11.9. The number of halogens is 1. The average Bonchev–Trinajstić information content (AvgIpc) is 3.66. The van der Waals surface area contributed by atoms with Crippen molar-refractivity contribution < 1.29 is 4.39 Å². The number of benzene rings is 7. The fourth-order valence-electron chi connectivity index (χ4n) is 8.79. The summed E-state index contributed by atoms with van der Waals surface area (Å²) in [6.45, 7) is 4.77. The molecule has 10 rings (SSSR count). The smallest absolute Gasteiger partial charge is 0.123 e. The van der Waals surface area contributed by atoms with Crippen molar-refractivity contribution in [2.75, 3.05) is 4.90 Å². The molecule has 250 valence electrons. The lowest BCUT2D eigenvalue weighted by molar-refractivity contribution is 0.585. The number of hydrogen-bond donors (Lipinski definition) is 0. The fourth-order valence-corrected chi connectivity index (χ4v) is 9.93. The van der Waals surface area contributed by atoms with Gasteiger partial charge in [-0.25, -0.2) is 4.39 Å². The van der Waals surface area contributed by atoms with E-state index >= 15 is 0 Å². The Morgan fingerprint density at radius 2 is 1.25 bits per heavy atom. The van der Waals surface area contributed by atoms with Gasteiger partial charge in [0.05, 0.1) is 6.04 Å². The molecule has 0 N–H and O–H groups in total. The zero-order valence-corrected chi connectivity index (χ0v) is 29.9. The van der Waals surface area contributed by atoms with Crippen LogP contribution in [-0.2, 0) is 5.41 Å². The van der Waals surface area contributed by atoms with E-state index in [1.54, 1.807) is 12.1 Å². The Bertz CT molecular complexity index is 2740. The van der Waals surface area contributed by atoms with Crippen LogP contribution in [0.15, 0.2) is 169 Å². The third kappa shape index (κ3) is 4.87. The Balaban J connectivity index is 1.09. The summed E-state index contributed by atoms with van der Waals surface area (Å²) in [5, 5.41) is 4.97. The first-order valence-corrected chi connectivity index (χ1v) is 18.9. The summed E-state index contributed by atoms with van der Waals surface area (Å²) in [7, 11) is 0. The quantitative estimate of drug-likeness (QED) is 0.174. The number of thiophene rings is 1. The molecule has 0 fully saturated rings. The van der Waals surface area contributed by atoms with E-state index in [1.807, 2.05) is 23.5 Å². The van der Waals surface area contributed by atoms with Crippen LogP contribution in [0.3, 0.4) is 0 Å². The predicted molar refractivity (Wildman–Crippen MR) is 220 cm³/mol. The van der Waals surface area contributed by atoms with E-state index in [4.69, 9.17) is 0 Å². The lowest BCUT2D eigenvalue weighted by atomic mass is 9.77. The lowest BCUT2D eigenvalue weighted by Crippen LogP contribution is -2.33. The van der Waals surface area contributed by atoms with Crippen LogP contribution >= 0.6 is 11.3 Å². The maximum absolute atomic E-state index is 13.9.